The largest absolute Gasteiger partial charge is 0.493 e. The smallest absolute Gasteiger partial charge is 0.296 e. The van der Waals surface area contributed by atoms with Crippen LogP contribution in [0.5, 0.6) is 11.5 Å². The highest BCUT2D eigenvalue weighted by Crippen LogP contribution is 2.33. The third kappa shape index (κ3) is 3.16. The van der Waals surface area contributed by atoms with Crippen LogP contribution < -0.4 is 14.8 Å². The zero-order chi connectivity index (χ0) is 16.2. The molecule has 2 heterocycles. The van der Waals surface area contributed by atoms with Gasteiger partial charge in [0, 0.05) is 17.0 Å². The Balaban J connectivity index is 1.80. The van der Waals surface area contributed by atoms with E-state index in [-0.39, 0.29) is 5.76 Å². The van der Waals surface area contributed by atoms with Gasteiger partial charge < -0.3 is 14.0 Å². The molecule has 0 aliphatic carbocycles. The Morgan fingerprint density at radius 2 is 2.04 bits per heavy atom. The second kappa shape index (κ2) is 6.49. The van der Waals surface area contributed by atoms with E-state index >= 15 is 0 Å². The maximum atomic E-state index is 11.9. The van der Waals surface area contributed by atoms with Gasteiger partial charge in [0.25, 0.3) is 5.91 Å². The van der Waals surface area contributed by atoms with Gasteiger partial charge in [-0.2, -0.15) is 0 Å². The van der Waals surface area contributed by atoms with Crippen molar-refractivity contribution in [1.82, 2.24) is 10.1 Å². The number of nitrogens with one attached hydrogen (secondary N) is 1. The van der Waals surface area contributed by atoms with Crippen LogP contribution in [0.25, 0.3) is 11.3 Å². The molecule has 1 N–H and O–H groups in total. The van der Waals surface area contributed by atoms with E-state index in [1.165, 1.54) is 23.6 Å². The Hall–Kier alpha value is -2.87. The van der Waals surface area contributed by atoms with Gasteiger partial charge in [0.1, 0.15) is 0 Å². The number of aromatic nitrogens is 2. The highest BCUT2D eigenvalue weighted by molar-refractivity contribution is 7.14. The minimum Gasteiger partial charge on any atom is -0.493 e. The predicted octanol–water partition coefficient (Wildman–Crippen LogP) is 3.07. The van der Waals surface area contributed by atoms with E-state index in [1.54, 1.807) is 20.3 Å². The molecule has 118 valence electrons. The number of rotatable bonds is 5. The number of carbonyl (C=O) groups excluding carboxylic acids is 1. The van der Waals surface area contributed by atoms with Gasteiger partial charge in [-0.05, 0) is 18.2 Å². The standard InChI is InChI=1S/C15H13N3O4S/c1-20-11-4-3-9(7-13(11)21-2)10-8-23-15(17-10)18-14(19)12-5-6-16-22-12/h3-8H,1-2H3,(H,17,18,19). The molecule has 7 nitrogen and oxygen atoms in total. The molecule has 23 heavy (non-hydrogen) atoms. The maximum absolute atomic E-state index is 11.9. The van der Waals surface area contributed by atoms with Crippen LogP contribution in [0, 0.1) is 0 Å². The molecule has 0 saturated heterocycles. The van der Waals surface area contributed by atoms with Crippen LogP contribution in [0.2, 0.25) is 0 Å². The first-order valence-electron chi connectivity index (χ1n) is 6.61. The molecular formula is C15H13N3O4S. The van der Waals surface area contributed by atoms with Gasteiger partial charge in [0.15, 0.2) is 16.6 Å². The molecule has 0 spiro atoms. The molecule has 0 fully saturated rings. The van der Waals surface area contributed by atoms with Gasteiger partial charge in [-0.15, -0.1) is 11.3 Å². The molecule has 0 aliphatic rings. The minimum atomic E-state index is -0.393. The van der Waals surface area contributed by atoms with Crippen LogP contribution in [0.1, 0.15) is 10.6 Å². The number of anilines is 1. The summed E-state index contributed by atoms with van der Waals surface area (Å²) < 4.78 is 15.3. The number of nitrogens with zero attached hydrogens (tertiary/aromatic N) is 2. The van der Waals surface area contributed by atoms with Gasteiger partial charge in [-0.3, -0.25) is 10.1 Å². The maximum Gasteiger partial charge on any atom is 0.296 e. The Labute approximate surface area is 135 Å². The van der Waals surface area contributed by atoms with Crippen LogP contribution in [0.15, 0.2) is 40.4 Å². The minimum absolute atomic E-state index is 0.132. The van der Waals surface area contributed by atoms with E-state index in [4.69, 9.17) is 14.0 Å². The fourth-order valence-corrected chi connectivity index (χ4v) is 2.67. The summed E-state index contributed by atoms with van der Waals surface area (Å²) in [5.74, 6) is 0.999. The van der Waals surface area contributed by atoms with Crippen LogP contribution in [0.4, 0.5) is 5.13 Å². The first-order chi connectivity index (χ1) is 11.2. The Morgan fingerprint density at radius 3 is 2.74 bits per heavy atom. The Bertz CT molecular complexity index is 814. The molecule has 2 aromatic heterocycles. The molecule has 3 rings (SSSR count). The summed E-state index contributed by atoms with van der Waals surface area (Å²) in [7, 11) is 3.16. The van der Waals surface area contributed by atoms with E-state index in [2.05, 4.69) is 15.5 Å². The monoisotopic (exact) mass is 331 g/mol. The number of benzene rings is 1. The van der Waals surface area contributed by atoms with Crippen molar-refractivity contribution < 1.29 is 18.8 Å². The molecule has 0 radical (unpaired) electrons. The number of amides is 1. The van der Waals surface area contributed by atoms with Gasteiger partial charge in [-0.25, -0.2) is 4.98 Å². The molecule has 3 aromatic rings. The molecule has 1 aromatic carbocycles. The first kappa shape index (κ1) is 15.0. The molecule has 0 atom stereocenters. The number of hydrogen-bond acceptors (Lipinski definition) is 7. The number of carbonyl (C=O) groups is 1. The highest BCUT2D eigenvalue weighted by atomic mass is 32.1. The van der Waals surface area contributed by atoms with Crippen LogP contribution in [0.3, 0.4) is 0 Å². The molecule has 0 aliphatic heterocycles. The Morgan fingerprint density at radius 1 is 1.22 bits per heavy atom. The number of methoxy groups -OCH3 is 2. The van der Waals surface area contributed by atoms with Crippen molar-refractivity contribution in [2.24, 2.45) is 0 Å². The van der Waals surface area contributed by atoms with Crippen molar-refractivity contribution in [3.05, 3.63) is 41.6 Å². The van der Waals surface area contributed by atoms with Crippen molar-refractivity contribution in [2.45, 2.75) is 0 Å². The van der Waals surface area contributed by atoms with E-state index in [0.29, 0.717) is 16.6 Å². The van der Waals surface area contributed by atoms with E-state index in [0.717, 1.165) is 11.3 Å². The summed E-state index contributed by atoms with van der Waals surface area (Å²) in [6.45, 7) is 0. The molecule has 0 unspecified atom stereocenters. The normalized spacial score (nSPS) is 10.3. The van der Waals surface area contributed by atoms with Crippen molar-refractivity contribution in [3.63, 3.8) is 0 Å². The van der Waals surface area contributed by atoms with Crippen molar-refractivity contribution >= 4 is 22.4 Å². The second-order valence-electron chi connectivity index (χ2n) is 4.44. The summed E-state index contributed by atoms with van der Waals surface area (Å²) in [4.78, 5) is 16.3. The summed E-state index contributed by atoms with van der Waals surface area (Å²) in [5, 5.41) is 8.47. The number of thiazole rings is 1. The van der Waals surface area contributed by atoms with Gasteiger partial charge in [0.2, 0.25) is 5.76 Å². The summed E-state index contributed by atoms with van der Waals surface area (Å²) in [5.41, 5.74) is 1.59. The van der Waals surface area contributed by atoms with Gasteiger partial charge >= 0.3 is 0 Å². The summed E-state index contributed by atoms with van der Waals surface area (Å²) in [6, 6.07) is 6.99. The zero-order valence-corrected chi connectivity index (χ0v) is 13.2. The third-order valence-electron chi connectivity index (χ3n) is 3.07. The number of ether oxygens (including phenoxy) is 2. The number of hydrogen-bond donors (Lipinski definition) is 1. The Kier molecular flexibility index (Phi) is 4.24. The lowest BCUT2D eigenvalue weighted by Crippen LogP contribution is -2.10. The van der Waals surface area contributed by atoms with Crippen molar-refractivity contribution in [3.8, 4) is 22.8 Å². The average molecular weight is 331 g/mol. The van der Waals surface area contributed by atoms with Gasteiger partial charge in [0.05, 0.1) is 26.1 Å². The summed E-state index contributed by atoms with van der Waals surface area (Å²) in [6.07, 6.45) is 1.41. The first-order valence-corrected chi connectivity index (χ1v) is 7.49. The second-order valence-corrected chi connectivity index (χ2v) is 5.30. The lowest BCUT2D eigenvalue weighted by molar-refractivity contribution is 0.0988. The lowest BCUT2D eigenvalue weighted by atomic mass is 10.1. The van der Waals surface area contributed by atoms with E-state index in [9.17, 15) is 4.79 Å². The molecule has 1 amide bonds. The molecular weight excluding hydrogens is 318 g/mol. The molecule has 0 saturated carbocycles. The zero-order valence-electron chi connectivity index (χ0n) is 12.4. The third-order valence-corrected chi connectivity index (χ3v) is 3.82. The van der Waals surface area contributed by atoms with Gasteiger partial charge in [-0.1, -0.05) is 5.16 Å². The van der Waals surface area contributed by atoms with Crippen molar-refractivity contribution in [2.75, 3.05) is 19.5 Å². The van der Waals surface area contributed by atoms with Crippen LogP contribution in [-0.2, 0) is 0 Å². The quantitative estimate of drug-likeness (QED) is 0.773. The lowest BCUT2D eigenvalue weighted by Gasteiger charge is -2.08. The fraction of sp³-hybridized carbons (Fsp3) is 0.133. The SMILES string of the molecule is COc1ccc(-c2csc(NC(=O)c3ccno3)n2)cc1OC. The average Bonchev–Trinajstić information content (AvgIpc) is 3.25. The van der Waals surface area contributed by atoms with E-state index < -0.39 is 5.91 Å². The molecule has 8 heteroatoms. The highest BCUT2D eigenvalue weighted by Gasteiger charge is 2.14. The van der Waals surface area contributed by atoms with Crippen LogP contribution >= 0.6 is 11.3 Å². The topological polar surface area (TPSA) is 86.5 Å². The van der Waals surface area contributed by atoms with Crippen LogP contribution in [-0.4, -0.2) is 30.3 Å². The van der Waals surface area contributed by atoms with Crippen molar-refractivity contribution in [1.29, 1.82) is 0 Å². The summed E-state index contributed by atoms with van der Waals surface area (Å²) >= 11 is 1.32. The fourth-order valence-electron chi connectivity index (χ4n) is 1.95. The predicted molar refractivity (Wildman–Crippen MR) is 85.1 cm³/mol. The molecule has 0 bridgehead atoms. The van der Waals surface area contributed by atoms with E-state index in [1.807, 2.05) is 17.5 Å².